The van der Waals surface area contributed by atoms with Gasteiger partial charge in [-0.05, 0) is 31.1 Å². The van der Waals surface area contributed by atoms with Gasteiger partial charge in [0.05, 0.1) is 17.9 Å². The van der Waals surface area contributed by atoms with Crippen molar-refractivity contribution in [1.82, 2.24) is 20.0 Å². The van der Waals surface area contributed by atoms with E-state index in [1.54, 1.807) is 0 Å². The van der Waals surface area contributed by atoms with Gasteiger partial charge in [0.25, 0.3) is 0 Å². The molecule has 0 atom stereocenters. The molecular formula is C12H18N4S. The summed E-state index contributed by atoms with van der Waals surface area (Å²) in [5.74, 6) is 0. The Kier molecular flexibility index (Phi) is 3.47. The summed E-state index contributed by atoms with van der Waals surface area (Å²) in [4.78, 5) is 2.18. The van der Waals surface area contributed by atoms with E-state index in [2.05, 4.69) is 28.8 Å². The molecule has 0 amide bonds. The van der Waals surface area contributed by atoms with Crippen LogP contribution in [0.1, 0.15) is 17.0 Å². The zero-order valence-corrected chi connectivity index (χ0v) is 11.2. The maximum absolute atomic E-state index is 5.36. The molecule has 1 N–H and O–H groups in total. The third kappa shape index (κ3) is 2.34. The maximum Gasteiger partial charge on any atom is 0.169 e. The third-order valence-electron chi connectivity index (χ3n) is 3.13. The normalized spacial score (nSPS) is 14.4. The highest BCUT2D eigenvalue weighted by Gasteiger charge is 2.23. The Morgan fingerprint density at radius 3 is 3.12 bits per heavy atom. The summed E-state index contributed by atoms with van der Waals surface area (Å²) in [6, 6.07) is 0. The van der Waals surface area contributed by atoms with E-state index in [4.69, 9.17) is 12.2 Å². The van der Waals surface area contributed by atoms with E-state index in [0.717, 1.165) is 30.3 Å². The highest BCUT2D eigenvalue weighted by molar-refractivity contribution is 7.80. The van der Waals surface area contributed by atoms with Crippen molar-refractivity contribution in [3.63, 3.8) is 0 Å². The molecule has 0 radical (unpaired) electrons. The van der Waals surface area contributed by atoms with E-state index in [9.17, 15) is 0 Å². The molecule has 4 nitrogen and oxygen atoms in total. The molecule has 17 heavy (non-hydrogen) atoms. The average Bonchev–Trinajstić information content (AvgIpc) is 2.61. The van der Waals surface area contributed by atoms with Crippen LogP contribution in [0.15, 0.2) is 12.7 Å². The summed E-state index contributed by atoms with van der Waals surface area (Å²) in [7, 11) is 2.00. The third-order valence-corrected chi connectivity index (χ3v) is 3.54. The summed E-state index contributed by atoms with van der Waals surface area (Å²) < 4.78 is 1.97. The second-order valence-electron chi connectivity index (χ2n) is 4.28. The summed E-state index contributed by atoms with van der Waals surface area (Å²) >= 11 is 5.36. The summed E-state index contributed by atoms with van der Waals surface area (Å²) in [5.41, 5.74) is 3.80. The van der Waals surface area contributed by atoms with Crippen molar-refractivity contribution in [1.29, 1.82) is 0 Å². The molecule has 2 rings (SSSR count). The molecule has 0 spiro atoms. The van der Waals surface area contributed by atoms with Crippen LogP contribution in [0, 0.1) is 6.92 Å². The van der Waals surface area contributed by atoms with Crippen molar-refractivity contribution in [3.05, 3.63) is 29.6 Å². The van der Waals surface area contributed by atoms with Gasteiger partial charge >= 0.3 is 0 Å². The first-order valence-electron chi connectivity index (χ1n) is 5.78. The predicted molar refractivity (Wildman–Crippen MR) is 72.9 cm³/mol. The Hall–Kier alpha value is -1.36. The lowest BCUT2D eigenvalue weighted by Gasteiger charge is -2.29. The van der Waals surface area contributed by atoms with Gasteiger partial charge < -0.3 is 10.2 Å². The average molecular weight is 250 g/mol. The minimum atomic E-state index is 0.715. The minimum absolute atomic E-state index is 0.715. The number of rotatable bonds is 2. The van der Waals surface area contributed by atoms with Gasteiger partial charge in [-0.1, -0.05) is 6.08 Å². The van der Waals surface area contributed by atoms with E-state index < -0.39 is 0 Å². The first-order valence-corrected chi connectivity index (χ1v) is 6.19. The molecule has 92 valence electrons. The number of thiocarbonyl (C=S) groups is 1. The van der Waals surface area contributed by atoms with Crippen LogP contribution in [0.3, 0.4) is 0 Å². The minimum Gasteiger partial charge on any atom is -0.359 e. The quantitative estimate of drug-likeness (QED) is 0.630. The molecule has 0 bridgehead atoms. The number of hydrogen-bond donors (Lipinski definition) is 1. The Morgan fingerprint density at radius 1 is 1.65 bits per heavy atom. The van der Waals surface area contributed by atoms with Gasteiger partial charge in [-0.25, -0.2) is 0 Å². The van der Waals surface area contributed by atoms with Crippen LogP contribution in [0.2, 0.25) is 0 Å². The molecule has 1 aliphatic heterocycles. The van der Waals surface area contributed by atoms with Gasteiger partial charge in [0, 0.05) is 20.1 Å². The fraction of sp³-hybridized carbons (Fsp3) is 0.500. The highest BCUT2D eigenvalue weighted by atomic mass is 32.1. The molecular weight excluding hydrogens is 232 g/mol. The van der Waals surface area contributed by atoms with Crippen molar-refractivity contribution in [2.24, 2.45) is 7.05 Å². The molecule has 0 aromatic carbocycles. The molecule has 1 aliphatic rings. The van der Waals surface area contributed by atoms with E-state index >= 15 is 0 Å². The molecule has 0 aliphatic carbocycles. The van der Waals surface area contributed by atoms with Gasteiger partial charge in [0.1, 0.15) is 0 Å². The van der Waals surface area contributed by atoms with Crippen molar-refractivity contribution in [3.8, 4) is 0 Å². The molecule has 0 unspecified atom stereocenters. The molecule has 0 saturated heterocycles. The number of nitrogens with zero attached hydrogens (tertiary/aromatic N) is 3. The Labute approximate surface area is 107 Å². The van der Waals surface area contributed by atoms with E-state index in [0.29, 0.717) is 6.54 Å². The number of fused-ring (bicyclic) bond motifs is 1. The maximum atomic E-state index is 5.36. The second-order valence-corrected chi connectivity index (χ2v) is 4.67. The van der Waals surface area contributed by atoms with E-state index in [1.165, 1.54) is 11.3 Å². The van der Waals surface area contributed by atoms with Gasteiger partial charge in [-0.15, -0.1) is 6.58 Å². The Bertz CT molecular complexity index is 450. The highest BCUT2D eigenvalue weighted by Crippen LogP contribution is 2.21. The molecule has 1 aromatic rings. The first-order chi connectivity index (χ1) is 8.13. The van der Waals surface area contributed by atoms with Crippen molar-refractivity contribution in [2.45, 2.75) is 19.9 Å². The number of hydrogen-bond acceptors (Lipinski definition) is 2. The van der Waals surface area contributed by atoms with Crippen LogP contribution in [0.25, 0.3) is 0 Å². The van der Waals surface area contributed by atoms with Crippen molar-refractivity contribution in [2.75, 3.05) is 13.1 Å². The largest absolute Gasteiger partial charge is 0.359 e. The fourth-order valence-electron chi connectivity index (χ4n) is 2.22. The van der Waals surface area contributed by atoms with Crippen LogP contribution in [-0.4, -0.2) is 32.9 Å². The summed E-state index contributed by atoms with van der Waals surface area (Å²) in [5, 5.41) is 8.43. The molecule has 5 heteroatoms. The predicted octanol–water partition coefficient (Wildman–Crippen LogP) is 1.15. The second kappa shape index (κ2) is 4.87. The zero-order chi connectivity index (χ0) is 12.4. The standard InChI is InChI=1S/C12H18N4S/c1-4-6-13-12(17)16-7-5-10-9(2)14-15(3)11(10)8-16/h4H,1,5-8H2,2-3H3,(H,13,17). The van der Waals surface area contributed by atoms with Crippen LogP contribution in [0.4, 0.5) is 0 Å². The lowest BCUT2D eigenvalue weighted by atomic mass is 10.1. The van der Waals surface area contributed by atoms with Gasteiger partial charge in [-0.2, -0.15) is 5.10 Å². The van der Waals surface area contributed by atoms with Crippen LogP contribution in [0.5, 0.6) is 0 Å². The first kappa shape index (κ1) is 12.1. The molecule has 0 fully saturated rings. The van der Waals surface area contributed by atoms with Crippen LogP contribution in [-0.2, 0) is 20.0 Å². The summed E-state index contributed by atoms with van der Waals surface area (Å²) in [6.45, 7) is 8.27. The fourth-order valence-corrected chi connectivity index (χ4v) is 2.46. The van der Waals surface area contributed by atoms with Crippen molar-refractivity contribution >= 4 is 17.3 Å². The zero-order valence-electron chi connectivity index (χ0n) is 10.4. The smallest absolute Gasteiger partial charge is 0.169 e. The Morgan fingerprint density at radius 2 is 2.41 bits per heavy atom. The molecule has 1 aromatic heterocycles. The van der Waals surface area contributed by atoms with Gasteiger partial charge in [-0.3, -0.25) is 4.68 Å². The molecule has 2 heterocycles. The van der Waals surface area contributed by atoms with Crippen molar-refractivity contribution < 1.29 is 0 Å². The SMILES string of the molecule is C=CCNC(=S)N1CCc2c(C)nn(C)c2C1. The lowest BCUT2D eigenvalue weighted by molar-refractivity contribution is 0.375. The molecule has 0 saturated carbocycles. The van der Waals surface area contributed by atoms with Crippen LogP contribution >= 0.6 is 12.2 Å². The van der Waals surface area contributed by atoms with Gasteiger partial charge in [0.2, 0.25) is 0 Å². The van der Waals surface area contributed by atoms with Crippen LogP contribution < -0.4 is 5.32 Å². The monoisotopic (exact) mass is 250 g/mol. The lowest BCUT2D eigenvalue weighted by Crippen LogP contribution is -2.42. The number of aromatic nitrogens is 2. The van der Waals surface area contributed by atoms with E-state index in [1.807, 2.05) is 17.8 Å². The number of nitrogens with one attached hydrogen (secondary N) is 1. The summed E-state index contributed by atoms with van der Waals surface area (Å²) in [6.07, 6.45) is 2.83. The Balaban J connectivity index is 2.10. The van der Waals surface area contributed by atoms with Gasteiger partial charge in [0.15, 0.2) is 5.11 Å². The number of aryl methyl sites for hydroxylation is 2. The van der Waals surface area contributed by atoms with E-state index in [-0.39, 0.29) is 0 Å². The topological polar surface area (TPSA) is 33.1 Å².